The van der Waals surface area contributed by atoms with Gasteiger partial charge in [-0.15, -0.1) is 0 Å². The number of para-hydroxylation sites is 1. The summed E-state index contributed by atoms with van der Waals surface area (Å²) in [4.78, 5) is 8.70. The highest BCUT2D eigenvalue weighted by atomic mass is 16.3. The second-order valence-electron chi connectivity index (χ2n) is 8.90. The number of aromatic nitrogens is 2. The number of hydrogen-bond donors (Lipinski definition) is 0. The van der Waals surface area contributed by atoms with Crippen LogP contribution in [0.3, 0.4) is 0 Å². The van der Waals surface area contributed by atoms with Crippen molar-refractivity contribution >= 4 is 22.1 Å². The number of rotatable bonds is 3. The molecule has 0 aliphatic heterocycles. The molecule has 2 aromatic carbocycles. The number of nitrogens with zero attached hydrogens (tertiary/aromatic N) is 2. The first-order valence-corrected chi connectivity index (χ1v) is 10.4. The van der Waals surface area contributed by atoms with Gasteiger partial charge in [0.25, 0.3) is 0 Å². The van der Waals surface area contributed by atoms with E-state index in [9.17, 15) is 0 Å². The Morgan fingerprint density at radius 3 is 2.53 bits per heavy atom. The standard InChI is InChI=1S/C29H28N2O/c1-18-17-30-26(15-25(18)21-12-10-20(11-13-21)16-29(3,4)5)24-8-6-7-22-23-14-9-19(2)31-28(23)32-27(22)24/h6-15,17H,16H2,1-5H3/i1D3,2D3,16D2. The average Bonchev–Trinajstić information content (AvgIpc) is 3.25. The van der Waals surface area contributed by atoms with E-state index in [1.807, 2.05) is 32.9 Å². The van der Waals surface area contributed by atoms with Crippen LogP contribution in [0.25, 0.3) is 44.5 Å². The van der Waals surface area contributed by atoms with Gasteiger partial charge in [0, 0.05) is 39.2 Å². The summed E-state index contributed by atoms with van der Waals surface area (Å²) in [6, 6.07) is 17.2. The van der Waals surface area contributed by atoms with Crippen molar-refractivity contribution in [1.29, 1.82) is 0 Å². The second kappa shape index (κ2) is 7.59. The minimum absolute atomic E-state index is 0.0673. The molecule has 5 aromatic rings. The van der Waals surface area contributed by atoms with Crippen molar-refractivity contribution in [3.8, 4) is 22.4 Å². The molecule has 0 amide bonds. The number of fused-ring (bicyclic) bond motifs is 3. The van der Waals surface area contributed by atoms with E-state index in [-0.39, 0.29) is 17.0 Å². The summed E-state index contributed by atoms with van der Waals surface area (Å²) in [6.07, 6.45) is -0.251. The number of pyridine rings is 2. The molecule has 3 nitrogen and oxygen atoms in total. The van der Waals surface area contributed by atoms with Crippen LogP contribution < -0.4 is 0 Å². The maximum absolute atomic E-state index is 8.57. The average molecular weight is 429 g/mol. The van der Waals surface area contributed by atoms with Crippen molar-refractivity contribution in [2.45, 2.75) is 40.8 Å². The Hall–Kier alpha value is -3.46. The lowest BCUT2D eigenvalue weighted by Gasteiger charge is -2.18. The molecule has 3 heterocycles. The van der Waals surface area contributed by atoms with Gasteiger partial charge in [-0.25, -0.2) is 4.98 Å². The minimum atomic E-state index is -2.43. The monoisotopic (exact) mass is 428 g/mol. The summed E-state index contributed by atoms with van der Waals surface area (Å²) >= 11 is 0. The largest absolute Gasteiger partial charge is 0.437 e. The summed E-state index contributed by atoms with van der Waals surface area (Å²) < 4.78 is 70.5. The molecule has 0 radical (unpaired) electrons. The molecule has 0 saturated heterocycles. The molecule has 0 atom stereocenters. The molecule has 160 valence electrons. The van der Waals surface area contributed by atoms with E-state index >= 15 is 0 Å². The van der Waals surface area contributed by atoms with Crippen LogP contribution in [0.4, 0.5) is 0 Å². The Balaban J connectivity index is 1.67. The van der Waals surface area contributed by atoms with Gasteiger partial charge >= 0.3 is 0 Å². The molecule has 32 heavy (non-hydrogen) atoms. The third-order valence-electron chi connectivity index (χ3n) is 5.26. The molecule has 0 unspecified atom stereocenters. The van der Waals surface area contributed by atoms with Crippen molar-refractivity contribution in [2.24, 2.45) is 5.41 Å². The Kier molecular flexibility index (Phi) is 3.13. The first-order valence-electron chi connectivity index (χ1n) is 14.4. The fourth-order valence-electron chi connectivity index (χ4n) is 3.89. The Bertz CT molecular complexity index is 1730. The molecular weight excluding hydrogens is 392 g/mol. The predicted octanol–water partition coefficient (Wildman–Crippen LogP) is 7.92. The molecule has 0 bridgehead atoms. The molecule has 0 aliphatic carbocycles. The molecule has 5 rings (SSSR count). The fraction of sp³-hybridized carbons (Fsp3) is 0.241. The van der Waals surface area contributed by atoms with E-state index in [0.717, 1.165) is 5.39 Å². The van der Waals surface area contributed by atoms with Crippen molar-refractivity contribution in [2.75, 3.05) is 0 Å². The molecule has 0 fully saturated rings. The second-order valence-corrected chi connectivity index (χ2v) is 8.90. The lowest BCUT2D eigenvalue weighted by molar-refractivity contribution is 0.411. The quantitative estimate of drug-likeness (QED) is 0.293. The van der Waals surface area contributed by atoms with Gasteiger partial charge in [0.15, 0.2) is 0 Å². The van der Waals surface area contributed by atoms with Gasteiger partial charge < -0.3 is 4.42 Å². The molecule has 0 aliphatic rings. The van der Waals surface area contributed by atoms with Crippen LogP contribution in [-0.2, 0) is 6.37 Å². The highest BCUT2D eigenvalue weighted by molar-refractivity contribution is 6.08. The van der Waals surface area contributed by atoms with Gasteiger partial charge in [0.2, 0.25) is 5.71 Å². The molecule has 0 saturated carbocycles. The van der Waals surface area contributed by atoms with Gasteiger partial charge in [-0.2, -0.15) is 0 Å². The summed E-state index contributed by atoms with van der Waals surface area (Å²) in [7, 11) is 0. The third kappa shape index (κ3) is 3.80. The highest BCUT2D eigenvalue weighted by Gasteiger charge is 2.16. The summed E-state index contributed by atoms with van der Waals surface area (Å²) in [5, 5.41) is 1.39. The maximum atomic E-state index is 8.57. The molecule has 3 heteroatoms. The van der Waals surface area contributed by atoms with Crippen LogP contribution >= 0.6 is 0 Å². The lowest BCUT2D eigenvalue weighted by Crippen LogP contribution is -2.08. The SMILES string of the molecule is [2H]C([2H])([2H])c1ccc2c(n1)oc1c(-c3cc(-c4ccc(C([2H])([2H])C(C)(C)C)cc4)c(C([2H])([2H])[2H])cn3)cccc12. The molecule has 0 N–H and O–H groups in total. The third-order valence-corrected chi connectivity index (χ3v) is 5.26. The Morgan fingerprint density at radius 1 is 0.938 bits per heavy atom. The van der Waals surface area contributed by atoms with E-state index in [1.165, 1.54) is 12.3 Å². The first kappa shape index (κ1) is 13.2. The van der Waals surface area contributed by atoms with Gasteiger partial charge in [-0.1, -0.05) is 57.2 Å². The minimum Gasteiger partial charge on any atom is -0.437 e. The first-order chi connectivity index (χ1) is 18.5. The van der Waals surface area contributed by atoms with Crippen LogP contribution in [0, 0.1) is 19.1 Å². The number of benzene rings is 2. The normalized spacial score (nSPS) is 17.0. The van der Waals surface area contributed by atoms with Crippen molar-refractivity contribution in [1.82, 2.24) is 9.97 Å². The number of furan rings is 1. The highest BCUT2D eigenvalue weighted by Crippen LogP contribution is 2.36. The maximum Gasteiger partial charge on any atom is 0.227 e. The zero-order valence-corrected chi connectivity index (χ0v) is 18.2. The van der Waals surface area contributed by atoms with Gasteiger partial charge in [-0.3, -0.25) is 4.98 Å². The summed E-state index contributed by atoms with van der Waals surface area (Å²) in [5.74, 6) is 0. The smallest absolute Gasteiger partial charge is 0.227 e. The van der Waals surface area contributed by atoms with Crippen LogP contribution in [0.2, 0.25) is 0 Å². The van der Waals surface area contributed by atoms with Crippen LogP contribution in [-0.4, -0.2) is 9.97 Å². The topological polar surface area (TPSA) is 38.9 Å². The predicted molar refractivity (Wildman–Crippen MR) is 133 cm³/mol. The molecular formula is C29H28N2O. The van der Waals surface area contributed by atoms with Gasteiger partial charge in [-0.05, 0) is 72.0 Å². The van der Waals surface area contributed by atoms with E-state index in [0.29, 0.717) is 38.9 Å². The van der Waals surface area contributed by atoms with Crippen LogP contribution in [0.1, 0.15) is 48.6 Å². The van der Waals surface area contributed by atoms with Gasteiger partial charge in [0.1, 0.15) is 5.58 Å². The molecule has 0 spiro atoms. The zero-order chi connectivity index (χ0) is 29.3. The Morgan fingerprint density at radius 2 is 1.78 bits per heavy atom. The van der Waals surface area contributed by atoms with E-state index in [2.05, 4.69) is 9.97 Å². The summed E-state index contributed by atoms with van der Waals surface area (Å²) in [5.41, 5.74) is 2.67. The van der Waals surface area contributed by atoms with Crippen molar-refractivity contribution < 1.29 is 15.4 Å². The van der Waals surface area contributed by atoms with Crippen molar-refractivity contribution in [3.63, 3.8) is 0 Å². The summed E-state index contributed by atoms with van der Waals surface area (Å²) in [6.45, 7) is 0.697. The van der Waals surface area contributed by atoms with Crippen LogP contribution in [0.15, 0.2) is 71.3 Å². The lowest BCUT2D eigenvalue weighted by atomic mass is 9.87. The number of aryl methyl sites for hydroxylation is 2. The zero-order valence-electron chi connectivity index (χ0n) is 26.2. The van der Waals surface area contributed by atoms with Gasteiger partial charge in [0.05, 0.1) is 5.69 Å². The van der Waals surface area contributed by atoms with E-state index in [4.69, 9.17) is 15.4 Å². The fourth-order valence-corrected chi connectivity index (χ4v) is 3.89. The van der Waals surface area contributed by atoms with Crippen LogP contribution in [0.5, 0.6) is 0 Å². The van der Waals surface area contributed by atoms with E-state index < -0.39 is 25.5 Å². The Labute approximate surface area is 200 Å². The van der Waals surface area contributed by atoms with Crippen molar-refractivity contribution in [3.05, 3.63) is 83.7 Å². The van der Waals surface area contributed by atoms with E-state index in [1.54, 1.807) is 42.5 Å². The molecule has 3 aromatic heterocycles. The number of hydrogen-bond acceptors (Lipinski definition) is 3.